The van der Waals surface area contributed by atoms with Crippen molar-refractivity contribution in [3.63, 3.8) is 0 Å². The molecule has 0 radical (unpaired) electrons. The number of aromatic nitrogens is 2. The maximum absolute atomic E-state index is 12.3. The number of ether oxygens (including phenoxy) is 1. The number of rotatable bonds is 5. The third-order valence-electron chi connectivity index (χ3n) is 3.80. The van der Waals surface area contributed by atoms with Gasteiger partial charge in [0.2, 0.25) is 11.9 Å². The molecule has 0 aliphatic rings. The van der Waals surface area contributed by atoms with Gasteiger partial charge in [-0.3, -0.25) is 14.6 Å². The van der Waals surface area contributed by atoms with Gasteiger partial charge in [-0.05, 0) is 42.5 Å². The fraction of sp³-hybridized carbons (Fsp3) is 0.0526. The van der Waals surface area contributed by atoms with Gasteiger partial charge in [0.15, 0.2) is 0 Å². The van der Waals surface area contributed by atoms with Crippen LogP contribution >= 0.6 is 0 Å². The van der Waals surface area contributed by atoms with Crippen LogP contribution in [0.15, 0.2) is 53.3 Å². The van der Waals surface area contributed by atoms with Crippen molar-refractivity contribution in [3.05, 3.63) is 70.0 Å². The van der Waals surface area contributed by atoms with E-state index in [9.17, 15) is 14.9 Å². The summed E-state index contributed by atoms with van der Waals surface area (Å²) in [7, 11) is 1.55. The number of aromatic amines is 1. The van der Waals surface area contributed by atoms with Crippen LogP contribution in [-0.2, 0) is 0 Å². The van der Waals surface area contributed by atoms with Crippen molar-refractivity contribution in [1.82, 2.24) is 9.97 Å². The lowest BCUT2D eigenvalue weighted by atomic mass is 10.1. The number of benzene rings is 2. The highest BCUT2D eigenvalue weighted by atomic mass is 16.5. The van der Waals surface area contributed by atoms with Gasteiger partial charge < -0.3 is 15.8 Å². The van der Waals surface area contributed by atoms with Crippen molar-refractivity contribution in [2.75, 3.05) is 12.4 Å². The summed E-state index contributed by atoms with van der Waals surface area (Å²) in [6.45, 7) is 0. The number of H-pyrrole nitrogens is 1. The number of nitriles is 1. The van der Waals surface area contributed by atoms with E-state index in [4.69, 9.17) is 10.5 Å². The zero-order chi connectivity index (χ0) is 19.4. The minimum atomic E-state index is -0.577. The Hall–Kier alpha value is -4.12. The molecule has 27 heavy (non-hydrogen) atoms. The quantitative estimate of drug-likeness (QED) is 0.637. The van der Waals surface area contributed by atoms with Gasteiger partial charge in [0.05, 0.1) is 12.8 Å². The number of carbonyl (C=O) groups is 1. The predicted molar refractivity (Wildman–Crippen MR) is 99.8 cm³/mol. The predicted octanol–water partition coefficient (Wildman–Crippen LogP) is 2.16. The Bertz CT molecular complexity index is 1100. The molecule has 0 fully saturated rings. The van der Waals surface area contributed by atoms with E-state index in [0.717, 1.165) is 0 Å². The lowest BCUT2D eigenvalue weighted by Crippen LogP contribution is -2.16. The van der Waals surface area contributed by atoms with Gasteiger partial charge in [-0.2, -0.15) is 5.26 Å². The zero-order valence-electron chi connectivity index (χ0n) is 14.3. The minimum absolute atomic E-state index is 0.100. The summed E-state index contributed by atoms with van der Waals surface area (Å²) in [5.74, 6) is 0.203. The third kappa shape index (κ3) is 3.77. The molecule has 4 N–H and O–H groups in total. The molecule has 3 rings (SSSR count). The number of nitrogens with two attached hydrogens (primary N) is 1. The molecule has 1 heterocycles. The molecule has 0 aliphatic heterocycles. The summed E-state index contributed by atoms with van der Waals surface area (Å²) in [4.78, 5) is 30.5. The number of methoxy groups -OCH3 is 1. The topological polar surface area (TPSA) is 134 Å². The fourth-order valence-electron chi connectivity index (χ4n) is 2.48. The molecular weight excluding hydrogens is 346 g/mol. The summed E-state index contributed by atoms with van der Waals surface area (Å²) in [5.41, 5.74) is 6.25. The molecule has 0 aliphatic carbocycles. The molecule has 1 amide bonds. The van der Waals surface area contributed by atoms with Crippen LogP contribution in [0.1, 0.15) is 15.9 Å². The molecule has 8 nitrogen and oxygen atoms in total. The van der Waals surface area contributed by atoms with Crippen LogP contribution in [0, 0.1) is 11.3 Å². The standard InChI is InChI=1S/C19H15N5O3/c1-27-14-7-5-11(6-8-14)16-15(10-20)18(26)24-19(23-16)22-13-4-2-3-12(9-13)17(21)25/h2-9H,1H3,(H2,21,25)(H2,22,23,24,26). The Labute approximate surface area is 154 Å². The van der Waals surface area contributed by atoms with Gasteiger partial charge in [-0.25, -0.2) is 4.98 Å². The normalized spacial score (nSPS) is 10.1. The van der Waals surface area contributed by atoms with Crippen LogP contribution in [-0.4, -0.2) is 23.0 Å². The molecule has 2 aromatic carbocycles. The SMILES string of the molecule is COc1ccc(-c2nc(Nc3cccc(C(N)=O)c3)[nH]c(=O)c2C#N)cc1. The first-order valence-corrected chi connectivity index (χ1v) is 7.87. The number of hydrogen-bond donors (Lipinski definition) is 3. The van der Waals surface area contributed by atoms with Crippen molar-refractivity contribution in [3.8, 4) is 23.1 Å². The lowest BCUT2D eigenvalue weighted by molar-refractivity contribution is 0.100. The summed E-state index contributed by atoms with van der Waals surface area (Å²) < 4.78 is 5.12. The van der Waals surface area contributed by atoms with E-state index in [1.807, 2.05) is 6.07 Å². The van der Waals surface area contributed by atoms with Gasteiger partial charge in [-0.15, -0.1) is 0 Å². The molecule has 8 heteroatoms. The maximum Gasteiger partial charge on any atom is 0.270 e. The highest BCUT2D eigenvalue weighted by Crippen LogP contribution is 2.24. The summed E-state index contributed by atoms with van der Waals surface area (Å²) in [5, 5.41) is 12.2. The van der Waals surface area contributed by atoms with E-state index in [1.54, 1.807) is 49.6 Å². The fourth-order valence-corrected chi connectivity index (χ4v) is 2.48. The number of amides is 1. The maximum atomic E-state index is 12.3. The molecule has 0 bridgehead atoms. The Morgan fingerprint density at radius 3 is 2.63 bits per heavy atom. The highest BCUT2D eigenvalue weighted by molar-refractivity contribution is 5.93. The van der Waals surface area contributed by atoms with Crippen LogP contribution < -0.4 is 21.3 Å². The van der Waals surface area contributed by atoms with E-state index < -0.39 is 11.5 Å². The van der Waals surface area contributed by atoms with Crippen molar-refractivity contribution in [1.29, 1.82) is 5.26 Å². The zero-order valence-corrected chi connectivity index (χ0v) is 14.3. The van der Waals surface area contributed by atoms with E-state index in [-0.39, 0.29) is 17.2 Å². The number of nitrogens with zero attached hydrogens (tertiary/aromatic N) is 2. The first kappa shape index (κ1) is 17.7. The van der Waals surface area contributed by atoms with Gasteiger partial charge in [0.1, 0.15) is 17.4 Å². The second kappa shape index (κ2) is 7.41. The molecule has 0 saturated heterocycles. The van der Waals surface area contributed by atoms with Crippen molar-refractivity contribution in [2.24, 2.45) is 5.73 Å². The second-order valence-electron chi connectivity index (χ2n) is 5.55. The summed E-state index contributed by atoms with van der Waals surface area (Å²) >= 11 is 0. The Kier molecular flexibility index (Phi) is 4.86. The van der Waals surface area contributed by atoms with Gasteiger partial charge >= 0.3 is 0 Å². The van der Waals surface area contributed by atoms with Crippen LogP contribution in [0.2, 0.25) is 0 Å². The van der Waals surface area contributed by atoms with E-state index >= 15 is 0 Å². The van der Waals surface area contributed by atoms with Crippen LogP contribution in [0.4, 0.5) is 11.6 Å². The number of primary amides is 1. The highest BCUT2D eigenvalue weighted by Gasteiger charge is 2.14. The molecule has 0 atom stereocenters. The second-order valence-corrected chi connectivity index (χ2v) is 5.55. The first-order valence-electron chi connectivity index (χ1n) is 7.87. The number of hydrogen-bond acceptors (Lipinski definition) is 6. The van der Waals surface area contributed by atoms with Crippen molar-refractivity contribution >= 4 is 17.5 Å². The number of nitrogens with one attached hydrogen (secondary N) is 2. The van der Waals surface area contributed by atoms with Crippen LogP contribution in [0.5, 0.6) is 5.75 Å². The molecule has 0 spiro atoms. The average Bonchev–Trinajstić information content (AvgIpc) is 2.68. The van der Waals surface area contributed by atoms with Crippen LogP contribution in [0.3, 0.4) is 0 Å². The van der Waals surface area contributed by atoms with E-state index in [0.29, 0.717) is 22.6 Å². The van der Waals surface area contributed by atoms with Gasteiger partial charge in [0.25, 0.3) is 5.56 Å². The molecule has 1 aromatic heterocycles. The molecular formula is C19H15N5O3. The van der Waals surface area contributed by atoms with Crippen molar-refractivity contribution in [2.45, 2.75) is 0 Å². The van der Waals surface area contributed by atoms with Gasteiger partial charge in [-0.1, -0.05) is 6.07 Å². The summed E-state index contributed by atoms with van der Waals surface area (Å²) in [6, 6.07) is 15.2. The van der Waals surface area contributed by atoms with Crippen molar-refractivity contribution < 1.29 is 9.53 Å². The lowest BCUT2D eigenvalue weighted by Gasteiger charge is -2.10. The average molecular weight is 361 g/mol. The van der Waals surface area contributed by atoms with Gasteiger partial charge in [0, 0.05) is 16.8 Å². The van der Waals surface area contributed by atoms with E-state index in [2.05, 4.69) is 15.3 Å². The molecule has 134 valence electrons. The molecule has 0 unspecified atom stereocenters. The number of anilines is 2. The monoisotopic (exact) mass is 361 g/mol. The first-order chi connectivity index (χ1) is 13.0. The van der Waals surface area contributed by atoms with E-state index in [1.165, 1.54) is 6.07 Å². The largest absolute Gasteiger partial charge is 0.497 e. The smallest absolute Gasteiger partial charge is 0.270 e. The molecule has 0 saturated carbocycles. The summed E-state index contributed by atoms with van der Waals surface area (Å²) in [6.07, 6.45) is 0. The van der Waals surface area contributed by atoms with Crippen LogP contribution in [0.25, 0.3) is 11.3 Å². The third-order valence-corrected chi connectivity index (χ3v) is 3.80. The Morgan fingerprint density at radius 2 is 2.00 bits per heavy atom. The number of carbonyl (C=O) groups excluding carboxylic acids is 1. The Balaban J connectivity index is 2.04. The Morgan fingerprint density at radius 1 is 1.26 bits per heavy atom. The minimum Gasteiger partial charge on any atom is -0.497 e. The molecule has 3 aromatic rings.